The molecule has 1 rings (SSSR count). The largest absolute Gasteiger partial charge is 0.368 e. The zero-order valence-corrected chi connectivity index (χ0v) is 3.39. The summed E-state index contributed by atoms with van der Waals surface area (Å²) in [5.74, 6) is 0. The van der Waals surface area contributed by atoms with Crippen LogP contribution in [0, 0.1) is 6.42 Å². The van der Waals surface area contributed by atoms with Crippen molar-refractivity contribution in [3.05, 3.63) is 31.0 Å². The Kier molecular flexibility index (Phi) is 0.955. The lowest BCUT2D eigenvalue weighted by Gasteiger charge is -1.91. The second kappa shape index (κ2) is 1.65. The van der Waals surface area contributed by atoms with Gasteiger partial charge in [0.15, 0.2) is 0 Å². The lowest BCUT2D eigenvalue weighted by Crippen LogP contribution is -1.93. The van der Waals surface area contributed by atoms with Gasteiger partial charge in [-0.25, -0.2) is 0 Å². The molecule has 1 heterocycles. The summed E-state index contributed by atoms with van der Waals surface area (Å²) in [6, 6.07) is 0. The summed E-state index contributed by atoms with van der Waals surface area (Å²) >= 11 is 0. The predicted octanol–water partition coefficient (Wildman–Crippen LogP) is 0.821. The van der Waals surface area contributed by atoms with E-state index in [1.54, 1.807) is 0 Å². The lowest BCUT2D eigenvalue weighted by molar-refractivity contribution is 1.17. The number of hydrogen-bond donors (Lipinski definition) is 1. The summed E-state index contributed by atoms with van der Waals surface area (Å²) in [6.45, 7) is 0. The maximum Gasteiger partial charge on any atom is 0.00801 e. The van der Waals surface area contributed by atoms with Crippen molar-refractivity contribution in [1.82, 2.24) is 5.32 Å². The van der Waals surface area contributed by atoms with Crippen molar-refractivity contribution in [2.75, 3.05) is 0 Å². The molecule has 1 heteroatoms. The monoisotopic (exact) mass is 80.1 g/mol. The van der Waals surface area contributed by atoms with Crippen LogP contribution in [-0.4, -0.2) is 0 Å². The van der Waals surface area contributed by atoms with E-state index in [9.17, 15) is 0 Å². The summed E-state index contributed by atoms with van der Waals surface area (Å²) < 4.78 is 0. The molecule has 1 N–H and O–H groups in total. The fraction of sp³-hybridized carbons (Fsp3) is 0. The van der Waals surface area contributed by atoms with Crippen molar-refractivity contribution in [3.63, 3.8) is 0 Å². The van der Waals surface area contributed by atoms with Gasteiger partial charge in [-0.2, -0.15) is 0 Å². The van der Waals surface area contributed by atoms with Gasteiger partial charge in [-0.1, -0.05) is 12.2 Å². The van der Waals surface area contributed by atoms with Gasteiger partial charge in [0.1, 0.15) is 0 Å². The quantitative estimate of drug-likeness (QED) is 0.454. The summed E-state index contributed by atoms with van der Waals surface area (Å²) in [5.41, 5.74) is 0. The van der Waals surface area contributed by atoms with Crippen LogP contribution in [0.25, 0.3) is 0 Å². The fourth-order valence-corrected chi connectivity index (χ4v) is 0.342. The third-order valence-corrected chi connectivity index (χ3v) is 0.607. The second-order valence-corrected chi connectivity index (χ2v) is 1.08. The summed E-state index contributed by atoms with van der Waals surface area (Å²) in [5, 5.41) is 2.89. The Morgan fingerprint density at radius 1 is 1.00 bits per heavy atom. The molecule has 31 valence electrons. The molecule has 0 bridgehead atoms. The van der Waals surface area contributed by atoms with Gasteiger partial charge in [0.2, 0.25) is 0 Å². The molecule has 0 atom stereocenters. The third-order valence-electron chi connectivity index (χ3n) is 0.607. The first kappa shape index (κ1) is 3.47. The molecule has 1 radical (unpaired) electrons. The molecular formula is C5H6N. The van der Waals surface area contributed by atoms with E-state index in [2.05, 4.69) is 5.32 Å². The first-order valence-electron chi connectivity index (χ1n) is 1.91. The molecule has 1 aliphatic rings. The van der Waals surface area contributed by atoms with Crippen molar-refractivity contribution < 1.29 is 0 Å². The summed E-state index contributed by atoms with van der Waals surface area (Å²) in [4.78, 5) is 0. The average Bonchev–Trinajstić information content (AvgIpc) is 1.72. The smallest absolute Gasteiger partial charge is 0.00801 e. The van der Waals surface area contributed by atoms with E-state index in [-0.39, 0.29) is 0 Å². The lowest BCUT2D eigenvalue weighted by atomic mass is 10.4. The minimum Gasteiger partial charge on any atom is -0.368 e. The van der Waals surface area contributed by atoms with Crippen molar-refractivity contribution in [3.8, 4) is 0 Å². The Bertz CT molecular complexity index is 61.9. The van der Waals surface area contributed by atoms with Gasteiger partial charge in [-0.3, -0.25) is 0 Å². The van der Waals surface area contributed by atoms with Gasteiger partial charge in [0.05, 0.1) is 0 Å². The molecule has 0 fully saturated rings. The van der Waals surface area contributed by atoms with Gasteiger partial charge in [-0.15, -0.1) is 0 Å². The Hall–Kier alpha value is -0.720. The number of nitrogens with one attached hydrogen (secondary N) is 1. The second-order valence-electron chi connectivity index (χ2n) is 1.08. The Morgan fingerprint density at radius 2 is 1.67 bits per heavy atom. The minimum absolute atomic E-state index is 1.88. The van der Waals surface area contributed by atoms with Crippen LogP contribution in [0.4, 0.5) is 0 Å². The van der Waals surface area contributed by atoms with Gasteiger partial charge >= 0.3 is 0 Å². The van der Waals surface area contributed by atoms with Gasteiger partial charge in [0.25, 0.3) is 0 Å². The Balaban J connectivity index is 2.40. The molecule has 0 spiro atoms. The van der Waals surface area contributed by atoms with Crippen molar-refractivity contribution in [1.29, 1.82) is 0 Å². The van der Waals surface area contributed by atoms with Crippen LogP contribution >= 0.6 is 0 Å². The molecular weight excluding hydrogens is 74.1 g/mol. The van der Waals surface area contributed by atoms with E-state index in [0.717, 1.165) is 0 Å². The highest BCUT2D eigenvalue weighted by Gasteiger charge is 1.74. The fourth-order valence-electron chi connectivity index (χ4n) is 0.342. The molecule has 0 saturated carbocycles. The number of hydrogen-bond acceptors (Lipinski definition) is 1. The van der Waals surface area contributed by atoms with Crippen LogP contribution < -0.4 is 5.32 Å². The maximum absolute atomic E-state index is 2.89. The highest BCUT2D eigenvalue weighted by molar-refractivity contribution is 5.12. The van der Waals surface area contributed by atoms with E-state index in [0.29, 0.717) is 0 Å². The minimum atomic E-state index is 1.88. The molecule has 0 aromatic heterocycles. The molecule has 1 aliphatic heterocycles. The molecule has 0 saturated heterocycles. The van der Waals surface area contributed by atoms with Crippen LogP contribution in [0.3, 0.4) is 0 Å². The first-order valence-corrected chi connectivity index (χ1v) is 1.91. The van der Waals surface area contributed by atoms with E-state index in [1.165, 1.54) is 0 Å². The van der Waals surface area contributed by atoms with Crippen LogP contribution in [0.1, 0.15) is 0 Å². The van der Waals surface area contributed by atoms with E-state index >= 15 is 0 Å². The molecule has 0 unspecified atom stereocenters. The highest BCUT2D eigenvalue weighted by Crippen LogP contribution is 1.85. The molecule has 1 nitrogen and oxygen atoms in total. The normalized spacial score (nSPS) is 17.3. The van der Waals surface area contributed by atoms with Gasteiger partial charge in [-0.05, 0) is 12.4 Å². The van der Waals surface area contributed by atoms with Crippen LogP contribution in [0.5, 0.6) is 0 Å². The summed E-state index contributed by atoms with van der Waals surface area (Å²) in [7, 11) is 0. The van der Waals surface area contributed by atoms with E-state index in [1.807, 2.05) is 31.0 Å². The number of allylic oxidation sites excluding steroid dienone is 2. The van der Waals surface area contributed by atoms with Crippen molar-refractivity contribution in [2.24, 2.45) is 0 Å². The average molecular weight is 80.1 g/mol. The highest BCUT2D eigenvalue weighted by atomic mass is 14.8. The number of dihydropyridines is 1. The van der Waals surface area contributed by atoms with Crippen LogP contribution in [0.15, 0.2) is 24.6 Å². The van der Waals surface area contributed by atoms with Crippen LogP contribution in [-0.2, 0) is 0 Å². The zero-order valence-electron chi connectivity index (χ0n) is 3.39. The molecule has 0 aromatic carbocycles. The SMILES string of the molecule is [CH]1C=CNC=C1. The Morgan fingerprint density at radius 3 is 1.83 bits per heavy atom. The van der Waals surface area contributed by atoms with E-state index < -0.39 is 0 Å². The Labute approximate surface area is 37.4 Å². The molecule has 0 aromatic rings. The molecule has 0 amide bonds. The predicted molar refractivity (Wildman–Crippen MR) is 25.7 cm³/mol. The van der Waals surface area contributed by atoms with Gasteiger partial charge < -0.3 is 5.32 Å². The maximum atomic E-state index is 2.89. The number of rotatable bonds is 0. The van der Waals surface area contributed by atoms with Crippen LogP contribution in [0.2, 0.25) is 0 Å². The zero-order chi connectivity index (χ0) is 4.24. The van der Waals surface area contributed by atoms with Crippen molar-refractivity contribution in [2.45, 2.75) is 0 Å². The van der Waals surface area contributed by atoms with E-state index in [4.69, 9.17) is 0 Å². The summed E-state index contributed by atoms with van der Waals surface area (Å²) in [6.07, 6.45) is 9.61. The molecule has 6 heavy (non-hydrogen) atoms. The van der Waals surface area contributed by atoms with Crippen molar-refractivity contribution >= 4 is 0 Å². The topological polar surface area (TPSA) is 12.0 Å². The first-order chi connectivity index (χ1) is 3.00. The standard InChI is InChI=1S/C5H6N/c1-2-4-6-5-3-1/h1-6H. The third kappa shape index (κ3) is 0.612. The van der Waals surface area contributed by atoms with Gasteiger partial charge in [0, 0.05) is 6.42 Å². The molecule has 0 aliphatic carbocycles.